The Morgan fingerprint density at radius 1 is 1.12 bits per heavy atom. The van der Waals surface area contributed by atoms with Crippen LogP contribution in [0.25, 0.3) is 11.0 Å². The number of halogens is 1. The van der Waals surface area contributed by atoms with E-state index >= 15 is 0 Å². The number of aryl methyl sites for hydroxylation is 1. The Labute approximate surface area is 208 Å². The number of imidazole rings is 1. The Morgan fingerprint density at radius 3 is 2.73 bits per heavy atom. The second-order valence-electron chi connectivity index (χ2n) is 10.8. The van der Waals surface area contributed by atoms with Crippen LogP contribution in [-0.2, 0) is 0 Å². The molecule has 2 bridgehead atoms. The van der Waals surface area contributed by atoms with Gasteiger partial charge in [0.05, 0.1) is 22.5 Å². The minimum absolute atomic E-state index is 0.0314. The first kappa shape index (κ1) is 20.3. The van der Waals surface area contributed by atoms with Crippen LogP contribution < -0.4 is 10.2 Å². The van der Waals surface area contributed by atoms with Crippen molar-refractivity contribution in [3.8, 4) is 0 Å². The molecule has 7 rings (SSSR count). The van der Waals surface area contributed by atoms with Gasteiger partial charge in [-0.05, 0) is 116 Å². The molecule has 2 aliphatic carbocycles. The number of anilines is 2. The standard InChI is InChI=1S/C27H29IN4O/c1-16-12-21(24-23(13-16)32-19-4-2-17(14-19)25(32)30-24)29-26(33)20-5-3-18(28)15-22(20)31-10-8-27(6-7-27)9-11-31/h3,5,12-13,15,17,19H,2,4,6-11,14H2,1H3,(H,29,33)/t17-,19+/m1/s1. The molecule has 1 N–H and O–H groups in total. The maximum atomic E-state index is 13.6. The third-order valence-electron chi connectivity index (χ3n) is 8.68. The van der Waals surface area contributed by atoms with Crippen molar-refractivity contribution in [1.29, 1.82) is 0 Å². The van der Waals surface area contributed by atoms with Crippen LogP contribution in [0.15, 0.2) is 30.3 Å². The highest BCUT2D eigenvalue weighted by molar-refractivity contribution is 14.1. The number of amides is 1. The van der Waals surface area contributed by atoms with Crippen molar-refractivity contribution < 1.29 is 4.79 Å². The average molecular weight is 552 g/mol. The molecule has 4 aliphatic rings. The molecule has 0 radical (unpaired) electrons. The Kier molecular flexibility index (Phi) is 4.43. The highest BCUT2D eigenvalue weighted by Gasteiger charge is 2.44. The summed E-state index contributed by atoms with van der Waals surface area (Å²) in [6.07, 6.45) is 9.01. The van der Waals surface area contributed by atoms with E-state index in [-0.39, 0.29) is 5.91 Å². The van der Waals surface area contributed by atoms with E-state index < -0.39 is 0 Å². The Morgan fingerprint density at radius 2 is 1.94 bits per heavy atom. The zero-order valence-corrected chi connectivity index (χ0v) is 21.2. The maximum absolute atomic E-state index is 13.6. The quantitative estimate of drug-likeness (QED) is 0.383. The largest absolute Gasteiger partial charge is 0.371 e. The summed E-state index contributed by atoms with van der Waals surface area (Å²) in [6.45, 7) is 4.21. The van der Waals surface area contributed by atoms with Gasteiger partial charge in [0.25, 0.3) is 5.91 Å². The van der Waals surface area contributed by atoms with Gasteiger partial charge in [0.1, 0.15) is 11.3 Å². The minimum Gasteiger partial charge on any atom is -0.371 e. The summed E-state index contributed by atoms with van der Waals surface area (Å²) >= 11 is 2.36. The molecule has 3 fully saturated rings. The highest BCUT2D eigenvalue weighted by atomic mass is 127. The molecule has 2 aliphatic heterocycles. The Bertz CT molecular complexity index is 1300. The fraction of sp³-hybridized carbons (Fsp3) is 0.481. The fourth-order valence-corrected chi connectivity index (χ4v) is 7.07. The number of nitrogens with zero attached hydrogens (tertiary/aromatic N) is 3. The molecule has 2 atom stereocenters. The molecule has 1 aromatic heterocycles. The molecule has 170 valence electrons. The SMILES string of the molecule is Cc1cc(NC(=O)c2ccc(I)cc2N2CCC3(CC2)CC3)c2nc3n(c2c1)[C@H]1CC[C@@H]3C1. The summed E-state index contributed by atoms with van der Waals surface area (Å²) in [5.74, 6) is 1.78. The van der Waals surface area contributed by atoms with Crippen LogP contribution in [0.2, 0.25) is 0 Å². The van der Waals surface area contributed by atoms with Crippen molar-refractivity contribution in [3.63, 3.8) is 0 Å². The lowest BCUT2D eigenvalue weighted by molar-refractivity contribution is 0.102. The van der Waals surface area contributed by atoms with Gasteiger partial charge in [0, 0.05) is 28.6 Å². The summed E-state index contributed by atoms with van der Waals surface area (Å²) < 4.78 is 3.62. The zero-order chi connectivity index (χ0) is 22.3. The van der Waals surface area contributed by atoms with Gasteiger partial charge in [-0.3, -0.25) is 4.79 Å². The van der Waals surface area contributed by atoms with Crippen LogP contribution in [0, 0.1) is 15.9 Å². The number of carbonyl (C=O) groups is 1. The van der Waals surface area contributed by atoms with Gasteiger partial charge >= 0.3 is 0 Å². The molecule has 1 spiro atoms. The molecule has 6 heteroatoms. The number of piperidine rings is 1. The normalized spacial score (nSPS) is 24.5. The molecule has 0 unspecified atom stereocenters. The molecule has 5 nitrogen and oxygen atoms in total. The van der Waals surface area contributed by atoms with Crippen molar-refractivity contribution in [3.05, 3.63) is 50.9 Å². The van der Waals surface area contributed by atoms with Crippen molar-refractivity contribution >= 4 is 50.9 Å². The summed E-state index contributed by atoms with van der Waals surface area (Å²) in [6, 6.07) is 11.1. The van der Waals surface area contributed by atoms with Gasteiger partial charge in [0.2, 0.25) is 0 Å². The summed E-state index contributed by atoms with van der Waals surface area (Å²) in [7, 11) is 0. The van der Waals surface area contributed by atoms with E-state index in [4.69, 9.17) is 4.98 Å². The topological polar surface area (TPSA) is 50.2 Å². The van der Waals surface area contributed by atoms with E-state index in [0.717, 1.165) is 41.1 Å². The summed E-state index contributed by atoms with van der Waals surface area (Å²) in [4.78, 5) is 21.1. The minimum atomic E-state index is -0.0314. The van der Waals surface area contributed by atoms with E-state index in [1.807, 2.05) is 12.1 Å². The number of nitrogens with one attached hydrogen (secondary N) is 1. The Balaban J connectivity index is 1.23. The molecule has 2 aromatic carbocycles. The predicted molar refractivity (Wildman–Crippen MR) is 140 cm³/mol. The first-order valence-corrected chi connectivity index (χ1v) is 13.5. The third-order valence-corrected chi connectivity index (χ3v) is 9.35. The zero-order valence-electron chi connectivity index (χ0n) is 19.0. The van der Waals surface area contributed by atoms with E-state index in [9.17, 15) is 4.79 Å². The predicted octanol–water partition coefficient (Wildman–Crippen LogP) is 6.40. The van der Waals surface area contributed by atoms with Gasteiger partial charge in [0.15, 0.2) is 0 Å². The molecule has 33 heavy (non-hydrogen) atoms. The van der Waals surface area contributed by atoms with Crippen molar-refractivity contribution in [1.82, 2.24) is 9.55 Å². The maximum Gasteiger partial charge on any atom is 0.257 e. The lowest BCUT2D eigenvalue weighted by Gasteiger charge is -2.35. The highest BCUT2D eigenvalue weighted by Crippen LogP contribution is 2.54. The van der Waals surface area contributed by atoms with Gasteiger partial charge in [-0.2, -0.15) is 0 Å². The Hall–Kier alpha value is -2.09. The number of aromatic nitrogens is 2. The van der Waals surface area contributed by atoms with Crippen LogP contribution in [0.5, 0.6) is 0 Å². The number of fused-ring (bicyclic) bond motifs is 7. The van der Waals surface area contributed by atoms with E-state index in [2.05, 4.69) is 62.5 Å². The van der Waals surface area contributed by atoms with E-state index in [1.165, 1.54) is 59.9 Å². The van der Waals surface area contributed by atoms with Crippen molar-refractivity contribution in [2.45, 2.75) is 63.8 Å². The molecular weight excluding hydrogens is 523 g/mol. The van der Waals surface area contributed by atoms with Gasteiger partial charge in [-0.25, -0.2) is 4.98 Å². The second-order valence-corrected chi connectivity index (χ2v) is 12.0. The summed E-state index contributed by atoms with van der Waals surface area (Å²) in [5, 5.41) is 3.26. The third kappa shape index (κ3) is 3.23. The van der Waals surface area contributed by atoms with Gasteiger partial charge < -0.3 is 14.8 Å². The number of rotatable bonds is 3. The van der Waals surface area contributed by atoms with Gasteiger partial charge in [-0.1, -0.05) is 0 Å². The van der Waals surface area contributed by atoms with Crippen LogP contribution in [0.4, 0.5) is 11.4 Å². The van der Waals surface area contributed by atoms with Crippen LogP contribution >= 0.6 is 22.6 Å². The van der Waals surface area contributed by atoms with Crippen molar-refractivity contribution in [2.75, 3.05) is 23.3 Å². The molecular formula is C27H29IN4O. The fourth-order valence-electron chi connectivity index (χ4n) is 6.59. The average Bonchev–Trinajstić information content (AvgIpc) is 3.15. The molecule has 3 heterocycles. The lowest BCUT2D eigenvalue weighted by atomic mass is 9.93. The van der Waals surface area contributed by atoms with Crippen molar-refractivity contribution in [2.24, 2.45) is 5.41 Å². The monoisotopic (exact) mass is 552 g/mol. The summed E-state index contributed by atoms with van der Waals surface area (Å²) in [5.41, 5.74) is 6.60. The van der Waals surface area contributed by atoms with Crippen LogP contribution in [0.1, 0.15) is 78.7 Å². The van der Waals surface area contributed by atoms with Crippen LogP contribution in [-0.4, -0.2) is 28.5 Å². The van der Waals surface area contributed by atoms with E-state index in [1.54, 1.807) is 0 Å². The number of hydrogen-bond donors (Lipinski definition) is 1. The molecule has 2 saturated carbocycles. The number of carbonyl (C=O) groups excluding carboxylic acids is 1. The smallest absolute Gasteiger partial charge is 0.257 e. The lowest BCUT2D eigenvalue weighted by Crippen LogP contribution is -2.35. The van der Waals surface area contributed by atoms with E-state index in [0.29, 0.717) is 17.4 Å². The molecule has 1 amide bonds. The molecule has 1 saturated heterocycles. The first-order chi connectivity index (χ1) is 16.0. The number of hydrogen-bond acceptors (Lipinski definition) is 3. The molecule has 3 aromatic rings. The number of benzene rings is 2. The van der Waals surface area contributed by atoms with Crippen LogP contribution in [0.3, 0.4) is 0 Å². The second kappa shape index (κ2) is 7.20. The van der Waals surface area contributed by atoms with Gasteiger partial charge in [-0.15, -0.1) is 0 Å². The first-order valence-electron chi connectivity index (χ1n) is 12.4.